The number of amides is 2. The number of carbonyl (C=O) groups excluding carboxylic acids is 10. The Morgan fingerprint density at radius 2 is 0.748 bits per heavy atom. The molecule has 0 spiro atoms. The van der Waals surface area contributed by atoms with Gasteiger partial charge in [-0.3, -0.25) is 24.9 Å². The maximum absolute atomic E-state index is 11.6. The Morgan fingerprint density at radius 3 is 1.06 bits per heavy atom. The fraction of sp³-hybridized carbons (Fsp3) is 0.302. The Balaban J connectivity index is 0.000000189. The van der Waals surface area contributed by atoms with Crippen molar-refractivity contribution in [2.75, 3.05) is 66.3 Å². The number of aldehydes is 7. The molecule has 0 saturated carbocycles. The van der Waals surface area contributed by atoms with Crippen LogP contribution in [0.5, 0.6) is 0 Å². The summed E-state index contributed by atoms with van der Waals surface area (Å²) in [4.78, 5) is 179. The van der Waals surface area contributed by atoms with Gasteiger partial charge in [0.1, 0.15) is 84.7 Å². The third kappa shape index (κ3) is 36.8. The molecule has 1 aromatic carbocycles. The molecular weight excluding hydrogens is 1850 g/mol. The van der Waals surface area contributed by atoms with Gasteiger partial charge in [0.15, 0.2) is 16.0 Å². The second-order valence-electron chi connectivity index (χ2n) is 28.7. The second kappa shape index (κ2) is 55.1. The van der Waals surface area contributed by atoms with Gasteiger partial charge in [0, 0.05) is 220 Å². The lowest BCUT2D eigenvalue weighted by molar-refractivity contribution is -0.118. The number of hydrogen-bond donors (Lipinski definition) is 5. The van der Waals surface area contributed by atoms with Crippen LogP contribution in [-0.4, -0.2) is 197 Å². The summed E-state index contributed by atoms with van der Waals surface area (Å²) in [5.41, 5.74) is 17.5. The molecule has 45 heteroatoms. The van der Waals surface area contributed by atoms with Gasteiger partial charge in [-0.2, -0.15) is 5.10 Å². The van der Waals surface area contributed by atoms with Crippen molar-refractivity contribution in [2.24, 2.45) is 5.73 Å². The van der Waals surface area contributed by atoms with Crippen molar-refractivity contribution in [3.8, 4) is 73.3 Å². The van der Waals surface area contributed by atoms with E-state index in [-0.39, 0.29) is 35.2 Å². The number of carbonyl (C=O) groups is 10. The number of nitrogens with one attached hydrogen (secondary N) is 4. The SMILES string of the molecule is CC(=O)Cn1cc(-c2nc(CCC=O)cs2)cn1.CC(=O)Nc1ncc(-c2nc(CCC=O)cs2)cn1.CC(C)(C)OC(=O)Nc1ncc(-c2nc(CCC=O)cs2)cn1.CN(C)c1ncc(-c2nc(CCC=O)cs2)cn1.CN(C)c1ncc(-c2nc(CCC=O)cs2)s1.CNc1ncc(-c2nc(CCC=O)cs2)cn1.NC(=S)Nc1ccc(-c2nc(CCC=O)cs2)cc1. The fourth-order valence-electron chi connectivity index (χ4n) is 10.3. The minimum absolute atomic E-state index is 0.0652. The van der Waals surface area contributed by atoms with Crippen LogP contribution in [0.15, 0.2) is 130 Å². The van der Waals surface area contributed by atoms with Gasteiger partial charge in [0.05, 0.1) is 63.7 Å². The summed E-state index contributed by atoms with van der Waals surface area (Å²) in [6.45, 7) is 8.55. The number of rotatable bonds is 36. The standard InChI is InChI=1S/C15H18N4O3S.C13H13N3OS2.C12H12N4O2S.C12H14N4OS.C12H13N3O2S.C11H12N4OS.C11H13N3OS2/c1-15(2,3)22-14(21)19-13-16-7-10(8-17-13)12-18-11(9-23-12)5-4-6-20;14-13(18)16-10-5-3-9(4-6-10)12-15-11(8-19-12)2-1-7-17;1-8(18)15-12-13-5-9(6-14-12)11-16-10(7-19-11)3-2-4-17;1-16(2)12-13-6-9(7-14-12)11-15-10(8-18-11)4-3-5-17;1-9(17)6-15-7-10(5-13-15)12-14-11(8-18-12)3-2-4-16;1-12-11-13-5-8(6-14-11)10-15-9(7-17-10)3-2-4-16;1-14(2)11-12-6-9(17-11)10-13-8(7-16-10)4-3-5-15/h6-9H,4-5H2,1-3H3,(H,16,17,19,21);3-8H,1-2H2,(H3,14,16,18);4-7H,2-3H2,1H3,(H,13,14,15,18);5-8H,3-4H2,1-2H3;4-5,7-8H,2-3,6H2,1H3;4-7H,2-3H2,1H3,(H,12,13,14);5-7H,3-4H2,1-2H3. The summed E-state index contributed by atoms with van der Waals surface area (Å²) >= 11 is 17.1. The molecular formula is C86H95N25O11S9. The number of ether oxygens (including phenoxy) is 1. The Bertz CT molecular complexity index is 5820. The number of thiocarbonyl (C=S) groups is 1. The minimum atomic E-state index is -0.601. The quantitative estimate of drug-likeness (QED) is 0.0180. The maximum Gasteiger partial charge on any atom is 0.414 e. The van der Waals surface area contributed by atoms with Crippen molar-refractivity contribution in [1.29, 1.82) is 0 Å². The van der Waals surface area contributed by atoms with Crippen molar-refractivity contribution < 1.29 is 52.7 Å². The molecule has 2 amide bonds. The third-order valence-electron chi connectivity index (χ3n) is 16.3. The van der Waals surface area contributed by atoms with E-state index in [0.717, 1.165) is 174 Å². The van der Waals surface area contributed by atoms with E-state index in [4.69, 9.17) is 22.7 Å². The zero-order valence-electron chi connectivity index (χ0n) is 73.0. The van der Waals surface area contributed by atoms with Gasteiger partial charge < -0.3 is 64.5 Å². The van der Waals surface area contributed by atoms with E-state index in [9.17, 15) is 47.9 Å². The van der Waals surface area contributed by atoms with Crippen LogP contribution in [0.1, 0.15) is 119 Å². The molecule has 13 aromatic heterocycles. The monoisotopic (exact) mass is 1940 g/mol. The number of aromatic nitrogens is 18. The Kier molecular flexibility index (Phi) is 43.5. The molecule has 0 unspecified atom stereocenters. The maximum atomic E-state index is 11.6. The van der Waals surface area contributed by atoms with Crippen LogP contribution in [-0.2, 0) is 99.4 Å². The van der Waals surface area contributed by atoms with Crippen molar-refractivity contribution in [1.82, 2.24) is 89.5 Å². The molecule has 13 heterocycles. The van der Waals surface area contributed by atoms with E-state index in [0.29, 0.717) is 95.4 Å². The number of benzene rings is 1. The van der Waals surface area contributed by atoms with Gasteiger partial charge in [-0.15, -0.1) is 79.4 Å². The number of thiazole rings is 8. The highest BCUT2D eigenvalue weighted by Crippen LogP contribution is 2.34. The van der Waals surface area contributed by atoms with Gasteiger partial charge in [0.2, 0.25) is 29.7 Å². The van der Waals surface area contributed by atoms with E-state index in [1.165, 1.54) is 59.2 Å². The average molecular weight is 1940 g/mol. The molecule has 14 rings (SSSR count). The number of Topliss-reactive ketones (excluding diaryl/α,β-unsaturated/α-hetero) is 1. The van der Waals surface area contributed by atoms with Gasteiger partial charge in [-0.05, 0) is 109 Å². The highest BCUT2D eigenvalue weighted by atomic mass is 32.1. The van der Waals surface area contributed by atoms with Crippen molar-refractivity contribution in [2.45, 2.75) is 137 Å². The molecule has 131 heavy (non-hydrogen) atoms. The highest BCUT2D eigenvalue weighted by molar-refractivity contribution is 7.80. The molecule has 0 saturated heterocycles. The lowest BCUT2D eigenvalue weighted by Crippen LogP contribution is -2.27. The molecule has 0 aliphatic heterocycles. The van der Waals surface area contributed by atoms with Crippen LogP contribution in [0.3, 0.4) is 0 Å². The molecule has 0 aliphatic rings. The summed E-state index contributed by atoms with van der Waals surface area (Å²) in [5.74, 6) is 1.56. The Hall–Kier alpha value is -13.0. The number of aryl methyl sites for hydroxylation is 7. The van der Waals surface area contributed by atoms with Crippen LogP contribution >= 0.6 is 103 Å². The predicted octanol–water partition coefficient (Wildman–Crippen LogP) is 15.1. The smallest absolute Gasteiger partial charge is 0.414 e. The summed E-state index contributed by atoms with van der Waals surface area (Å²) in [6, 6.07) is 7.73. The second-order valence-corrected chi connectivity index (χ2v) is 36.1. The number of nitrogens with zero attached hydrogens (tertiary/aromatic N) is 20. The topological polar surface area (TPSA) is 485 Å². The molecule has 14 aromatic rings. The van der Waals surface area contributed by atoms with E-state index >= 15 is 0 Å². The normalized spacial score (nSPS) is 10.4. The van der Waals surface area contributed by atoms with Crippen molar-refractivity contribution >= 4 is 204 Å². The molecule has 0 atom stereocenters. The van der Waals surface area contributed by atoms with Crippen LogP contribution in [0.2, 0.25) is 0 Å². The molecule has 6 N–H and O–H groups in total. The minimum Gasteiger partial charge on any atom is -0.444 e. The van der Waals surface area contributed by atoms with Gasteiger partial charge in [-0.25, -0.2) is 84.5 Å². The molecule has 0 radical (unpaired) electrons. The van der Waals surface area contributed by atoms with Crippen molar-refractivity contribution in [3.05, 3.63) is 170 Å². The number of nitrogens with two attached hydrogens (primary N) is 1. The lowest BCUT2D eigenvalue weighted by atomic mass is 10.2. The Labute approximate surface area is 792 Å². The van der Waals surface area contributed by atoms with Gasteiger partial charge >= 0.3 is 6.09 Å². The summed E-state index contributed by atoms with van der Waals surface area (Å²) in [5, 5.41) is 35.9. The lowest BCUT2D eigenvalue weighted by Gasteiger charge is -2.19. The third-order valence-corrected chi connectivity index (χ3v) is 24.3. The molecule has 0 fully saturated rings. The molecule has 36 nitrogen and oxygen atoms in total. The molecule has 684 valence electrons. The number of ketones is 1. The number of anilines is 6. The van der Waals surface area contributed by atoms with Crippen molar-refractivity contribution in [3.63, 3.8) is 0 Å². The van der Waals surface area contributed by atoms with Gasteiger partial charge in [0.25, 0.3) is 0 Å². The largest absolute Gasteiger partial charge is 0.444 e. The summed E-state index contributed by atoms with van der Waals surface area (Å²) < 4.78 is 6.73. The Morgan fingerprint density at radius 1 is 0.420 bits per heavy atom. The predicted molar refractivity (Wildman–Crippen MR) is 521 cm³/mol. The van der Waals surface area contributed by atoms with Gasteiger partial charge in [-0.1, -0.05) is 11.3 Å². The van der Waals surface area contributed by atoms with E-state index in [2.05, 4.69) is 106 Å². The summed E-state index contributed by atoms with van der Waals surface area (Å²) in [7, 11) is 9.52. The first kappa shape index (κ1) is 103. The van der Waals surface area contributed by atoms with Crippen LogP contribution in [0.4, 0.5) is 39.4 Å². The van der Waals surface area contributed by atoms with E-state index < -0.39 is 11.7 Å². The first-order valence-corrected chi connectivity index (χ1v) is 47.5. The van der Waals surface area contributed by atoms with Crippen LogP contribution < -0.4 is 36.8 Å². The molecule has 0 bridgehead atoms. The highest BCUT2D eigenvalue weighted by Gasteiger charge is 2.19. The van der Waals surface area contributed by atoms with Crippen LogP contribution in [0.25, 0.3) is 73.3 Å². The summed E-state index contributed by atoms with van der Waals surface area (Å²) in [6.07, 6.45) is 32.7. The first-order chi connectivity index (χ1) is 63.2. The average Bonchev–Trinajstić information content (AvgIpc) is 1.81. The zero-order chi connectivity index (χ0) is 94.5. The van der Waals surface area contributed by atoms with Crippen LogP contribution in [0, 0.1) is 0 Å². The zero-order valence-corrected chi connectivity index (χ0v) is 80.4. The number of hydrogen-bond acceptors (Lipinski definition) is 40. The molecule has 0 aliphatic carbocycles. The fourth-order valence-corrected chi connectivity index (χ4v) is 17.2. The van der Waals surface area contributed by atoms with E-state index in [1.54, 1.807) is 134 Å². The first-order valence-electron chi connectivity index (χ1n) is 40.1. The van der Waals surface area contributed by atoms with E-state index in [1.807, 2.05) is 112 Å².